The maximum absolute atomic E-state index is 13.4. The smallest absolute Gasteiger partial charge is 0.243 e. The van der Waals surface area contributed by atoms with Crippen LogP contribution in [0, 0.1) is 23.5 Å². The summed E-state index contributed by atoms with van der Waals surface area (Å²) in [6.45, 7) is 3.36. The first kappa shape index (κ1) is 24.5. The number of fused-ring (bicyclic) bond motifs is 1. The minimum absolute atomic E-state index is 0.0854. The molecule has 1 amide bonds. The van der Waals surface area contributed by atoms with Crippen LogP contribution in [0.15, 0.2) is 23.1 Å². The van der Waals surface area contributed by atoms with E-state index in [0.29, 0.717) is 43.6 Å². The Balaban J connectivity index is 1.13. The molecule has 0 aromatic heterocycles. The van der Waals surface area contributed by atoms with Gasteiger partial charge in [-0.05, 0) is 69.2 Å². The number of carbonyl (C=O) groups excluding carboxylic acids is 1. The summed E-state index contributed by atoms with van der Waals surface area (Å²) in [5.41, 5.74) is 0. The van der Waals surface area contributed by atoms with E-state index in [1.165, 1.54) is 4.31 Å². The van der Waals surface area contributed by atoms with Gasteiger partial charge in [0.2, 0.25) is 15.9 Å². The van der Waals surface area contributed by atoms with Gasteiger partial charge in [-0.3, -0.25) is 4.79 Å². The molecular formula is C23H34F2N4O3S. The van der Waals surface area contributed by atoms with Crippen LogP contribution in [0.3, 0.4) is 0 Å². The summed E-state index contributed by atoms with van der Waals surface area (Å²) < 4.78 is 53.6. The zero-order valence-corrected chi connectivity index (χ0v) is 19.7. The lowest BCUT2D eigenvalue weighted by Crippen LogP contribution is -2.45. The Morgan fingerprint density at radius 1 is 1.09 bits per heavy atom. The first-order valence-corrected chi connectivity index (χ1v) is 13.5. The highest BCUT2D eigenvalue weighted by Crippen LogP contribution is 2.28. The van der Waals surface area contributed by atoms with Crippen molar-refractivity contribution in [2.24, 2.45) is 11.8 Å². The molecule has 184 valence electrons. The maximum atomic E-state index is 13.4. The molecule has 10 heteroatoms. The molecule has 0 saturated carbocycles. The molecule has 1 aromatic rings. The second kappa shape index (κ2) is 10.8. The second-order valence-electron chi connectivity index (χ2n) is 9.55. The molecule has 0 spiro atoms. The summed E-state index contributed by atoms with van der Waals surface area (Å²) in [6, 6.07) is 2.77. The van der Waals surface area contributed by atoms with Crippen LogP contribution in [0.2, 0.25) is 0 Å². The molecule has 3 aliphatic rings. The fourth-order valence-electron chi connectivity index (χ4n) is 5.36. The number of hydrogen-bond acceptors (Lipinski definition) is 5. The molecule has 3 aliphatic heterocycles. The summed E-state index contributed by atoms with van der Waals surface area (Å²) >= 11 is 0. The van der Waals surface area contributed by atoms with E-state index in [4.69, 9.17) is 0 Å². The average molecular weight is 485 g/mol. The Kier molecular flexibility index (Phi) is 7.99. The van der Waals surface area contributed by atoms with Crippen LogP contribution in [-0.2, 0) is 14.8 Å². The van der Waals surface area contributed by atoms with Crippen molar-refractivity contribution in [2.75, 3.05) is 32.7 Å². The largest absolute Gasteiger partial charge is 0.355 e. The highest BCUT2D eigenvalue weighted by molar-refractivity contribution is 7.89. The molecule has 3 unspecified atom stereocenters. The van der Waals surface area contributed by atoms with E-state index in [1.54, 1.807) is 0 Å². The van der Waals surface area contributed by atoms with E-state index < -0.39 is 21.7 Å². The number of benzene rings is 1. The Morgan fingerprint density at radius 2 is 1.82 bits per heavy atom. The van der Waals surface area contributed by atoms with E-state index in [0.717, 1.165) is 70.2 Å². The Hall–Kier alpha value is -1.62. The van der Waals surface area contributed by atoms with Crippen LogP contribution < -0.4 is 16.0 Å². The molecule has 3 N–H and O–H groups in total. The molecule has 4 rings (SSSR count). The fraction of sp³-hybridized carbons (Fsp3) is 0.696. The minimum atomic E-state index is -3.89. The molecule has 3 saturated heterocycles. The first-order chi connectivity index (χ1) is 15.8. The van der Waals surface area contributed by atoms with Crippen molar-refractivity contribution in [3.8, 4) is 0 Å². The summed E-state index contributed by atoms with van der Waals surface area (Å²) in [4.78, 5) is 12.1. The van der Waals surface area contributed by atoms with E-state index in [-0.39, 0.29) is 16.8 Å². The first-order valence-electron chi connectivity index (χ1n) is 12.0. The average Bonchev–Trinajstić information content (AvgIpc) is 3.23. The number of sulfonamides is 1. The van der Waals surface area contributed by atoms with E-state index >= 15 is 0 Å². The normalized spacial score (nSPS) is 26.8. The number of rotatable bonds is 8. The van der Waals surface area contributed by atoms with Gasteiger partial charge in [-0.2, -0.15) is 4.31 Å². The number of piperidine rings is 2. The van der Waals surface area contributed by atoms with Crippen molar-refractivity contribution < 1.29 is 22.0 Å². The van der Waals surface area contributed by atoms with Crippen LogP contribution in [-0.4, -0.2) is 63.4 Å². The zero-order valence-electron chi connectivity index (χ0n) is 18.9. The van der Waals surface area contributed by atoms with Gasteiger partial charge in [0.15, 0.2) is 0 Å². The van der Waals surface area contributed by atoms with Gasteiger partial charge in [0.1, 0.15) is 11.6 Å². The highest BCUT2D eigenvalue weighted by Gasteiger charge is 2.38. The second-order valence-corrected chi connectivity index (χ2v) is 11.5. The number of halogens is 2. The number of nitrogens with one attached hydrogen (secondary N) is 3. The molecule has 0 bridgehead atoms. The van der Waals surface area contributed by atoms with Gasteiger partial charge in [-0.15, -0.1) is 0 Å². The Morgan fingerprint density at radius 3 is 2.52 bits per heavy atom. The summed E-state index contributed by atoms with van der Waals surface area (Å²) in [5.74, 6) is -0.728. The van der Waals surface area contributed by atoms with Gasteiger partial charge < -0.3 is 16.0 Å². The van der Waals surface area contributed by atoms with Crippen molar-refractivity contribution >= 4 is 15.9 Å². The molecule has 3 atom stereocenters. The Labute approximate surface area is 194 Å². The molecule has 0 radical (unpaired) electrons. The van der Waals surface area contributed by atoms with Crippen molar-refractivity contribution in [3.05, 3.63) is 29.8 Å². The predicted octanol–water partition coefficient (Wildman–Crippen LogP) is 1.99. The van der Waals surface area contributed by atoms with Crippen LogP contribution in [0.5, 0.6) is 0 Å². The number of nitrogens with zero attached hydrogens (tertiary/aromatic N) is 1. The molecule has 7 nitrogen and oxygen atoms in total. The van der Waals surface area contributed by atoms with Crippen molar-refractivity contribution in [1.82, 2.24) is 20.3 Å². The predicted molar refractivity (Wildman–Crippen MR) is 121 cm³/mol. The molecule has 3 fully saturated rings. The number of hydrogen-bond donors (Lipinski definition) is 3. The monoisotopic (exact) mass is 484 g/mol. The molecule has 1 aromatic carbocycles. The summed E-state index contributed by atoms with van der Waals surface area (Å²) in [7, 11) is -3.89. The van der Waals surface area contributed by atoms with Gasteiger partial charge in [-0.1, -0.05) is 12.8 Å². The molecule has 33 heavy (non-hydrogen) atoms. The Bertz CT molecular complexity index is 903. The SMILES string of the molecule is O=C(NCCCCC1CCN(S(=O)(=O)c2cc(F)cc(F)c2)CC1)C1CC2CNCCC2N1. The summed E-state index contributed by atoms with van der Waals surface area (Å²) in [5, 5.41) is 9.92. The van der Waals surface area contributed by atoms with Crippen LogP contribution in [0.25, 0.3) is 0 Å². The van der Waals surface area contributed by atoms with E-state index in [2.05, 4.69) is 16.0 Å². The van der Waals surface area contributed by atoms with Crippen molar-refractivity contribution in [3.63, 3.8) is 0 Å². The quantitative estimate of drug-likeness (QED) is 0.491. The van der Waals surface area contributed by atoms with Crippen LogP contribution in [0.1, 0.15) is 44.9 Å². The van der Waals surface area contributed by atoms with E-state index in [9.17, 15) is 22.0 Å². The van der Waals surface area contributed by atoms with Crippen molar-refractivity contribution in [1.29, 1.82) is 0 Å². The van der Waals surface area contributed by atoms with Crippen molar-refractivity contribution in [2.45, 2.75) is 61.9 Å². The molecule has 3 heterocycles. The third-order valence-electron chi connectivity index (χ3n) is 7.26. The maximum Gasteiger partial charge on any atom is 0.243 e. The fourth-order valence-corrected chi connectivity index (χ4v) is 6.87. The molecule has 0 aliphatic carbocycles. The van der Waals surface area contributed by atoms with Gasteiger partial charge in [0.05, 0.1) is 10.9 Å². The lowest BCUT2D eigenvalue weighted by molar-refractivity contribution is -0.122. The van der Waals surface area contributed by atoms with Gasteiger partial charge in [0.25, 0.3) is 0 Å². The highest BCUT2D eigenvalue weighted by atomic mass is 32.2. The van der Waals surface area contributed by atoms with Crippen LogP contribution >= 0.6 is 0 Å². The molecular weight excluding hydrogens is 450 g/mol. The number of amides is 1. The topological polar surface area (TPSA) is 90.5 Å². The lowest BCUT2D eigenvalue weighted by atomic mass is 9.92. The van der Waals surface area contributed by atoms with Gasteiger partial charge >= 0.3 is 0 Å². The van der Waals surface area contributed by atoms with E-state index in [1.807, 2.05) is 0 Å². The minimum Gasteiger partial charge on any atom is -0.355 e. The van der Waals surface area contributed by atoms with Gasteiger partial charge in [-0.25, -0.2) is 17.2 Å². The third kappa shape index (κ3) is 6.09. The summed E-state index contributed by atoms with van der Waals surface area (Å²) in [6.07, 6.45) is 6.28. The lowest BCUT2D eigenvalue weighted by Gasteiger charge is -2.31. The third-order valence-corrected chi connectivity index (χ3v) is 9.14. The van der Waals surface area contributed by atoms with Gasteiger partial charge in [0, 0.05) is 31.7 Å². The number of carbonyl (C=O) groups is 1. The number of unbranched alkanes of at least 4 members (excludes halogenated alkanes) is 1. The standard InChI is InChI=1S/C23H34F2N4O3S/c24-18-12-19(25)14-20(13-18)33(31,32)29-9-5-16(6-10-29)3-1-2-7-27-23(30)22-11-17-15-26-8-4-21(17)28-22/h12-14,16-17,21-22,26,28H,1-11,15H2,(H,27,30). The van der Waals surface area contributed by atoms with Crippen LogP contribution in [0.4, 0.5) is 8.78 Å². The zero-order chi connectivity index (χ0) is 23.4.